The standard InChI is InChI=1S/C23H44N2O6S/c1-5-7-14-23(28,17-32(29,30)24-15-8-6-2)20-19(16-18-12-10-9-11-13-18)25(21(26)27)22(3,4)31-20/h18-20,24,28H,5-17H2,1-4H3,(H,26,27)/t19-,20?,23?/m0/s1. The molecule has 3 N–H and O–H groups in total. The van der Waals surface area contributed by atoms with Crippen molar-refractivity contribution in [2.75, 3.05) is 12.3 Å². The largest absolute Gasteiger partial charge is 0.465 e. The molecule has 2 fully saturated rings. The van der Waals surface area contributed by atoms with Crippen LogP contribution in [0.3, 0.4) is 0 Å². The van der Waals surface area contributed by atoms with Gasteiger partial charge in [-0.1, -0.05) is 65.2 Å². The summed E-state index contributed by atoms with van der Waals surface area (Å²) >= 11 is 0. The van der Waals surface area contributed by atoms with Gasteiger partial charge in [0.15, 0.2) is 0 Å². The number of carbonyl (C=O) groups is 1. The Labute approximate surface area is 194 Å². The number of hydrogen-bond donors (Lipinski definition) is 3. The Balaban J connectivity index is 2.37. The van der Waals surface area contributed by atoms with E-state index in [0.717, 1.165) is 44.9 Å². The number of nitrogens with zero attached hydrogens (tertiary/aromatic N) is 1. The first-order valence-electron chi connectivity index (χ1n) is 12.4. The summed E-state index contributed by atoms with van der Waals surface area (Å²) in [6.45, 7) is 7.66. The molecule has 1 aliphatic carbocycles. The molecular formula is C23H44N2O6S. The lowest BCUT2D eigenvalue weighted by Gasteiger charge is -2.38. The third-order valence-electron chi connectivity index (χ3n) is 6.97. The summed E-state index contributed by atoms with van der Waals surface area (Å²) in [4.78, 5) is 13.6. The fourth-order valence-electron chi connectivity index (χ4n) is 5.38. The molecule has 0 aromatic heterocycles. The van der Waals surface area contributed by atoms with Gasteiger partial charge in [-0.05, 0) is 39.0 Å². The molecule has 3 atom stereocenters. The quantitative estimate of drug-likeness (QED) is 0.366. The van der Waals surface area contributed by atoms with Gasteiger partial charge in [-0.2, -0.15) is 0 Å². The zero-order valence-corrected chi connectivity index (χ0v) is 21.1. The van der Waals surface area contributed by atoms with Crippen molar-refractivity contribution in [1.29, 1.82) is 0 Å². The van der Waals surface area contributed by atoms with E-state index in [9.17, 15) is 23.4 Å². The van der Waals surface area contributed by atoms with E-state index in [1.807, 2.05) is 13.8 Å². The molecule has 8 nitrogen and oxygen atoms in total. The summed E-state index contributed by atoms with van der Waals surface area (Å²) < 4.78 is 34.5. The first-order chi connectivity index (χ1) is 15.0. The lowest BCUT2D eigenvalue weighted by atomic mass is 9.79. The summed E-state index contributed by atoms with van der Waals surface area (Å²) in [6, 6.07) is -0.585. The average Bonchev–Trinajstić information content (AvgIpc) is 2.98. The van der Waals surface area contributed by atoms with E-state index < -0.39 is 45.3 Å². The van der Waals surface area contributed by atoms with Gasteiger partial charge in [-0.25, -0.2) is 17.9 Å². The molecule has 0 aromatic rings. The molecule has 0 bridgehead atoms. The molecule has 2 aliphatic rings. The molecule has 1 saturated heterocycles. The first-order valence-corrected chi connectivity index (χ1v) is 14.0. The van der Waals surface area contributed by atoms with Crippen LogP contribution in [-0.4, -0.2) is 65.4 Å². The number of nitrogens with one attached hydrogen (secondary N) is 1. The van der Waals surface area contributed by atoms with Gasteiger partial charge in [0.2, 0.25) is 10.0 Å². The monoisotopic (exact) mass is 476 g/mol. The summed E-state index contributed by atoms with van der Waals surface area (Å²) in [5.74, 6) is -0.135. The number of ether oxygens (including phenoxy) is 1. The van der Waals surface area contributed by atoms with E-state index in [2.05, 4.69) is 4.72 Å². The van der Waals surface area contributed by atoms with Crippen molar-refractivity contribution >= 4 is 16.1 Å². The van der Waals surface area contributed by atoms with Crippen LogP contribution in [0, 0.1) is 5.92 Å². The van der Waals surface area contributed by atoms with Gasteiger partial charge in [0.05, 0.1) is 11.8 Å². The summed E-state index contributed by atoms with van der Waals surface area (Å²) in [5.41, 5.74) is -2.82. The van der Waals surface area contributed by atoms with Crippen molar-refractivity contribution in [3.63, 3.8) is 0 Å². The zero-order chi connectivity index (χ0) is 24.0. The van der Waals surface area contributed by atoms with Crippen LogP contribution in [-0.2, 0) is 14.8 Å². The fraction of sp³-hybridized carbons (Fsp3) is 0.957. The minimum Gasteiger partial charge on any atom is -0.465 e. The van der Waals surface area contributed by atoms with Gasteiger partial charge in [0.1, 0.15) is 17.4 Å². The normalized spacial score (nSPS) is 26.2. The van der Waals surface area contributed by atoms with Crippen LogP contribution in [0.2, 0.25) is 0 Å². The molecule has 32 heavy (non-hydrogen) atoms. The van der Waals surface area contributed by atoms with Gasteiger partial charge < -0.3 is 14.9 Å². The van der Waals surface area contributed by atoms with Gasteiger partial charge in [-0.15, -0.1) is 0 Å². The molecule has 188 valence electrons. The van der Waals surface area contributed by atoms with Crippen molar-refractivity contribution in [3.8, 4) is 0 Å². The highest BCUT2D eigenvalue weighted by Gasteiger charge is 2.58. The van der Waals surface area contributed by atoms with Crippen molar-refractivity contribution in [2.45, 2.75) is 122 Å². The second kappa shape index (κ2) is 11.5. The maximum Gasteiger partial charge on any atom is 0.409 e. The number of aliphatic hydroxyl groups is 1. The Bertz CT molecular complexity index is 707. The van der Waals surface area contributed by atoms with Crippen LogP contribution in [0.25, 0.3) is 0 Å². The second-order valence-corrected chi connectivity index (χ2v) is 12.0. The Hall–Kier alpha value is -0.900. The van der Waals surface area contributed by atoms with Crippen molar-refractivity contribution in [3.05, 3.63) is 0 Å². The highest BCUT2D eigenvalue weighted by molar-refractivity contribution is 7.89. The third kappa shape index (κ3) is 7.05. The van der Waals surface area contributed by atoms with Crippen molar-refractivity contribution in [2.24, 2.45) is 5.92 Å². The number of sulfonamides is 1. The van der Waals surface area contributed by atoms with E-state index in [-0.39, 0.29) is 6.42 Å². The Morgan fingerprint density at radius 3 is 2.34 bits per heavy atom. The molecule has 0 spiro atoms. The molecule has 1 aliphatic heterocycles. The smallest absolute Gasteiger partial charge is 0.409 e. The fourth-order valence-corrected chi connectivity index (χ4v) is 6.90. The van der Waals surface area contributed by atoms with Crippen LogP contribution in [0.4, 0.5) is 4.79 Å². The molecular weight excluding hydrogens is 432 g/mol. The van der Waals surface area contributed by atoms with Crippen LogP contribution >= 0.6 is 0 Å². The number of hydrogen-bond acceptors (Lipinski definition) is 5. The molecule has 1 saturated carbocycles. The maximum atomic E-state index is 12.9. The van der Waals surface area contributed by atoms with E-state index in [1.165, 1.54) is 11.3 Å². The Morgan fingerprint density at radius 1 is 1.16 bits per heavy atom. The summed E-state index contributed by atoms with van der Waals surface area (Å²) in [7, 11) is -3.76. The average molecular weight is 477 g/mol. The van der Waals surface area contributed by atoms with Gasteiger partial charge in [0, 0.05) is 6.54 Å². The lowest BCUT2D eigenvalue weighted by molar-refractivity contribution is -0.134. The van der Waals surface area contributed by atoms with Crippen LogP contribution in [0.1, 0.15) is 98.3 Å². The number of amides is 1. The highest BCUT2D eigenvalue weighted by Crippen LogP contribution is 2.43. The maximum absolute atomic E-state index is 12.9. The molecule has 1 amide bonds. The molecule has 9 heteroatoms. The van der Waals surface area contributed by atoms with Crippen LogP contribution in [0.5, 0.6) is 0 Å². The van der Waals surface area contributed by atoms with Crippen molar-refractivity contribution in [1.82, 2.24) is 9.62 Å². The Morgan fingerprint density at radius 2 is 1.78 bits per heavy atom. The third-order valence-corrected chi connectivity index (χ3v) is 8.49. The predicted molar refractivity (Wildman–Crippen MR) is 125 cm³/mol. The second-order valence-electron chi connectivity index (χ2n) is 10.2. The van der Waals surface area contributed by atoms with E-state index >= 15 is 0 Å². The predicted octanol–water partition coefficient (Wildman–Crippen LogP) is 4.08. The number of carboxylic acid groups (broad SMARTS) is 1. The topological polar surface area (TPSA) is 116 Å². The minimum atomic E-state index is -3.76. The van der Waals surface area contributed by atoms with Crippen LogP contribution in [0.15, 0.2) is 0 Å². The van der Waals surface area contributed by atoms with Crippen molar-refractivity contribution < 1.29 is 28.2 Å². The number of rotatable bonds is 12. The summed E-state index contributed by atoms with van der Waals surface area (Å²) in [6.07, 6.45) is 7.32. The van der Waals surface area contributed by atoms with E-state index in [1.54, 1.807) is 13.8 Å². The SMILES string of the molecule is CCCCNS(=O)(=O)CC(O)(CCCC)C1OC(C)(C)N(C(=O)O)[C@H]1CC1CCCCC1. The first kappa shape index (κ1) is 27.3. The summed E-state index contributed by atoms with van der Waals surface area (Å²) in [5, 5.41) is 21.8. The lowest BCUT2D eigenvalue weighted by Crippen LogP contribution is -2.56. The van der Waals surface area contributed by atoms with Gasteiger partial charge in [-0.3, -0.25) is 4.90 Å². The Kier molecular flexibility index (Phi) is 9.82. The molecule has 2 rings (SSSR count). The van der Waals surface area contributed by atoms with Gasteiger partial charge in [0.25, 0.3) is 0 Å². The number of unbranched alkanes of at least 4 members (excludes halogenated alkanes) is 2. The molecule has 1 heterocycles. The van der Waals surface area contributed by atoms with E-state index in [4.69, 9.17) is 4.74 Å². The van der Waals surface area contributed by atoms with E-state index in [0.29, 0.717) is 25.3 Å². The molecule has 0 radical (unpaired) electrons. The van der Waals surface area contributed by atoms with Gasteiger partial charge >= 0.3 is 6.09 Å². The van der Waals surface area contributed by atoms with Crippen LogP contribution < -0.4 is 4.72 Å². The zero-order valence-electron chi connectivity index (χ0n) is 20.3. The molecule has 0 aromatic carbocycles. The highest BCUT2D eigenvalue weighted by atomic mass is 32.2. The minimum absolute atomic E-state index is 0.244. The molecule has 2 unspecified atom stereocenters.